The van der Waals surface area contributed by atoms with Gasteiger partial charge in [0.2, 0.25) is 0 Å². The lowest BCUT2D eigenvalue weighted by Gasteiger charge is -2.18. The molecule has 18 aromatic rings. The number of amidine groups is 6. The quantitative estimate of drug-likeness (QED) is 0.0190. The van der Waals surface area contributed by atoms with Gasteiger partial charge >= 0.3 is 0 Å². The molecule has 6 fully saturated rings. The van der Waals surface area contributed by atoms with Crippen LogP contribution in [0.5, 0.6) is 0 Å². The molecule has 0 bridgehead atoms. The Morgan fingerprint density at radius 1 is 0.319 bits per heavy atom. The van der Waals surface area contributed by atoms with E-state index in [4.69, 9.17) is 58.8 Å². The molecule has 144 heavy (non-hydrogen) atoms. The Bertz CT molecular complexity index is 7340. The Balaban J connectivity index is 0.000000109. The van der Waals surface area contributed by atoms with Crippen LogP contribution in [0, 0.1) is 5.82 Å². The van der Waals surface area contributed by atoms with E-state index in [0.717, 1.165) is 132 Å². The monoisotopic (exact) mass is 1990 g/mol. The molecule has 12 N–H and O–H groups in total. The van der Waals surface area contributed by atoms with Crippen molar-refractivity contribution in [3.63, 3.8) is 0 Å². The Labute approximate surface area is 851 Å². The summed E-state index contributed by atoms with van der Waals surface area (Å²) in [5, 5.41) is 15.7. The standard InChI is InChI=1S/C20H25N4O.C20H25N4S.C19H20FN4.C19H24N5S.C19H21N4.C16H18N5S/c2*1-23-9-7-15-8-10-24(19(15)13-23)12-18-11-16(14-25-18)20(21)22-17-5-3-2-4-6-17;1-23-8-6-13-7-9-24(18(13)12-23)11-15-3-2-14(10-17(15)20)19(21)22-16-4-5-16;1-23-9-7-14-8-10-24(17(14)11-23)12-18-22-16(13-25-18)19(20)21-15-5-3-2-4-6-15;1-22-10-8-15-9-11-23(18(15)13-22)12-14-2-4-16(5-3-14)19(20)21-17-6-7-17;1-20-6-4-11-5-7-21(14(11)8-20)9-15-19-13(10-22-15)16(17)18-12-2-3-12/h2*7-11,13-14,17H,2-6,12H2,1H3,(H2,21,22);2-3,6-10,12,16H,4-5,11H2,1H3,(H2,21,22);7-11,13,15H,2-6,12H2,1H3,(H2,20,21);2-5,8-11,13,17H,6-7,12H2,1H3,(H2,20,21);4-8,10,12H,2-3,9H2,1H3,(H2,17,18)/q6*+1. The number of aliphatic imine (C=N–C) groups is 6. The number of fused-ring (bicyclic) bond motifs is 6. The zero-order valence-electron chi connectivity index (χ0n) is 83.3. The molecule has 0 saturated heterocycles. The number of aromatic nitrogens is 14. The topological polar surface area (TPSA) is 322 Å². The number of nitrogens with zero attached hydrogens (tertiary/aromatic N) is 20. The zero-order valence-corrected chi connectivity index (χ0v) is 85.8. The normalized spacial score (nSPS) is 16.0. The van der Waals surface area contributed by atoms with Gasteiger partial charge in [-0.15, -0.1) is 34.0 Å². The first kappa shape index (κ1) is 98.4. The Morgan fingerprint density at radius 3 is 1.01 bits per heavy atom. The van der Waals surface area contributed by atoms with E-state index in [0.29, 0.717) is 95.5 Å². The number of hydrogen-bond acceptors (Lipinski definition) is 12. The van der Waals surface area contributed by atoms with Crippen molar-refractivity contribution >= 4 is 134 Å². The van der Waals surface area contributed by atoms with E-state index in [-0.39, 0.29) is 5.82 Å². The van der Waals surface area contributed by atoms with Gasteiger partial charge in [-0.2, -0.15) is 0 Å². The van der Waals surface area contributed by atoms with Crippen molar-refractivity contribution in [1.82, 2.24) is 37.4 Å². The number of halogens is 1. The van der Waals surface area contributed by atoms with Gasteiger partial charge < -0.3 is 66.2 Å². The second-order valence-corrected chi connectivity index (χ2v) is 42.3. The van der Waals surface area contributed by atoms with E-state index in [9.17, 15) is 4.39 Å². The summed E-state index contributed by atoms with van der Waals surface area (Å²) in [6, 6.07) is 45.7. The van der Waals surface area contributed by atoms with Crippen LogP contribution >= 0.6 is 34.0 Å². The highest BCUT2D eigenvalue weighted by atomic mass is 32.1. The number of benzene rings is 2. The first-order valence-electron chi connectivity index (χ1n) is 50.6. The van der Waals surface area contributed by atoms with Crippen LogP contribution in [0.15, 0.2) is 296 Å². The summed E-state index contributed by atoms with van der Waals surface area (Å²) in [5.74, 6) is 4.22. The first-order valence-corrected chi connectivity index (χ1v) is 53.3. The summed E-state index contributed by atoms with van der Waals surface area (Å²) < 4.78 is 45.8. The minimum absolute atomic E-state index is 0.247. The van der Waals surface area contributed by atoms with Crippen molar-refractivity contribution in [3.05, 3.63) is 333 Å². The van der Waals surface area contributed by atoms with Crippen molar-refractivity contribution in [2.45, 2.75) is 210 Å². The number of hydrogen-bond donors (Lipinski definition) is 6. The SMILES string of the molecule is C[n+]1ccc2ccn(Cc3cc(C(N)=NC4CCCCC4)co3)c2c1.C[n+]1ccc2ccn(Cc3cc(C(N)=NC4CCCCC4)cs3)c2c1.C[n+]1ccc2ccn(Cc3ccc(C(N)=NC4CC4)cc3)c2c1.C[n+]1ccc2ccn(Cc3ccc(C(N)=NC4CC4)cc3F)c2c1.C[n+]1ccc2ccn(Cc3nc(C(N)=NC4CC4)cs3)c2c1.C[n+]1ccc2ccn(Cc3nc(C(N)=NC4CCCCC4)cs3)c2c1. The summed E-state index contributed by atoms with van der Waals surface area (Å²) in [6.07, 6.45) is 64.9. The van der Waals surface area contributed by atoms with Gasteiger partial charge in [0.1, 0.15) is 150 Å². The Morgan fingerprint density at radius 2 is 0.639 bits per heavy atom. The molecule has 6 aliphatic carbocycles. The van der Waals surface area contributed by atoms with E-state index in [2.05, 4.69) is 273 Å². The number of rotatable bonds is 24. The van der Waals surface area contributed by atoms with Crippen LogP contribution in [-0.2, 0) is 81.6 Å². The third-order valence-electron chi connectivity index (χ3n) is 27.5. The minimum Gasteiger partial charge on any atom is -0.467 e. The Hall–Kier alpha value is -14.4. The maximum Gasteiger partial charge on any atom is 0.193 e. The van der Waals surface area contributed by atoms with Crippen LogP contribution in [0.25, 0.3) is 65.4 Å². The molecular formula is C113H133FN26OS3+6. The smallest absolute Gasteiger partial charge is 0.193 e. The van der Waals surface area contributed by atoms with Crippen molar-refractivity contribution in [2.24, 2.45) is 107 Å². The van der Waals surface area contributed by atoms with E-state index in [1.54, 1.807) is 46.3 Å². The van der Waals surface area contributed by atoms with Gasteiger partial charge in [-0.05, 0) is 137 Å². The fourth-order valence-corrected chi connectivity index (χ4v) is 21.3. The fourth-order valence-electron chi connectivity index (χ4n) is 18.9. The molecule has 0 unspecified atom stereocenters. The van der Waals surface area contributed by atoms with Crippen molar-refractivity contribution in [1.29, 1.82) is 0 Å². The van der Waals surface area contributed by atoms with Gasteiger partial charge in [0.05, 0.1) is 74.5 Å². The molecule has 6 saturated carbocycles. The highest BCUT2D eigenvalue weighted by molar-refractivity contribution is 7.10. The molecule has 0 aliphatic heterocycles. The number of pyridine rings is 6. The van der Waals surface area contributed by atoms with Crippen LogP contribution < -0.4 is 61.8 Å². The largest absolute Gasteiger partial charge is 0.467 e. The van der Waals surface area contributed by atoms with E-state index < -0.39 is 0 Å². The molecule has 0 atom stereocenters. The van der Waals surface area contributed by atoms with E-state index in [1.165, 1.54) is 154 Å². The first-order chi connectivity index (χ1) is 70.0. The number of thiophene rings is 1. The highest BCUT2D eigenvalue weighted by Gasteiger charge is 2.26. The van der Waals surface area contributed by atoms with Crippen LogP contribution in [-0.4, -0.2) is 109 Å². The molecule has 24 rings (SSSR count). The zero-order chi connectivity index (χ0) is 99.3. The second kappa shape index (κ2) is 45.4. The molecule has 740 valence electrons. The van der Waals surface area contributed by atoms with Crippen LogP contribution in [0.4, 0.5) is 4.39 Å². The number of thiazole rings is 2. The summed E-state index contributed by atoms with van der Waals surface area (Å²) in [7, 11) is 12.2. The van der Waals surface area contributed by atoms with Crippen molar-refractivity contribution in [2.75, 3.05) is 0 Å². The molecule has 6 aliphatic rings. The lowest BCUT2D eigenvalue weighted by molar-refractivity contribution is -0.670. The second-order valence-electron chi connectivity index (χ2n) is 39.4. The van der Waals surface area contributed by atoms with Gasteiger partial charge in [-0.3, -0.25) is 30.0 Å². The lowest BCUT2D eigenvalue weighted by Crippen LogP contribution is -2.26. The van der Waals surface area contributed by atoms with Crippen molar-refractivity contribution < 1.29 is 36.2 Å². The predicted molar refractivity (Wildman–Crippen MR) is 577 cm³/mol. The van der Waals surface area contributed by atoms with Crippen LogP contribution in [0.2, 0.25) is 0 Å². The van der Waals surface area contributed by atoms with Crippen LogP contribution in [0.1, 0.15) is 200 Å². The summed E-state index contributed by atoms with van der Waals surface area (Å²) in [5.41, 5.74) is 51.1. The van der Waals surface area contributed by atoms with Gasteiger partial charge in [-0.1, -0.05) is 94.2 Å². The van der Waals surface area contributed by atoms with E-state index >= 15 is 0 Å². The molecule has 16 heterocycles. The summed E-state index contributed by atoms with van der Waals surface area (Å²) in [6.45, 7) is 4.41. The molecule has 0 amide bonds. The highest BCUT2D eigenvalue weighted by Crippen LogP contribution is 2.32. The maximum absolute atomic E-state index is 14.5. The summed E-state index contributed by atoms with van der Waals surface area (Å²) >= 11 is 5.05. The van der Waals surface area contributed by atoms with Gasteiger partial charge in [0.15, 0.2) is 74.4 Å². The van der Waals surface area contributed by atoms with Gasteiger partial charge in [0, 0.05) is 156 Å². The minimum atomic E-state index is -0.247. The third kappa shape index (κ3) is 25.8. The molecular weight excluding hydrogens is 1850 g/mol. The maximum atomic E-state index is 14.5. The number of nitrogens with two attached hydrogens (primary N) is 6. The molecule has 0 spiro atoms. The molecule has 31 heteroatoms. The average Bonchev–Trinajstić information content (AvgIpc) is 1.63. The molecule has 16 aromatic heterocycles. The van der Waals surface area contributed by atoms with Crippen molar-refractivity contribution in [3.8, 4) is 0 Å². The summed E-state index contributed by atoms with van der Waals surface area (Å²) in [4.78, 5) is 38.2. The fraction of sp³-hybridized carbons (Fsp3) is 0.345. The van der Waals surface area contributed by atoms with Gasteiger partial charge in [-0.25, -0.2) is 41.8 Å². The molecule has 2 aromatic carbocycles. The van der Waals surface area contributed by atoms with E-state index in [1.807, 2.05) is 87.4 Å². The third-order valence-corrected chi connectivity index (χ3v) is 30.1. The van der Waals surface area contributed by atoms with Gasteiger partial charge in [0.25, 0.3) is 0 Å². The number of furan rings is 1. The lowest BCUT2D eigenvalue weighted by atomic mass is 9.96. The molecule has 0 radical (unpaired) electrons. The predicted octanol–water partition coefficient (Wildman–Crippen LogP) is 16.5. The van der Waals surface area contributed by atoms with Crippen LogP contribution in [0.3, 0.4) is 0 Å². The Kier molecular flexibility index (Phi) is 31.0. The average molecular weight is 1990 g/mol. The molecule has 27 nitrogen and oxygen atoms in total. The number of aryl methyl sites for hydroxylation is 6.